The Labute approximate surface area is 84.3 Å². The van der Waals surface area contributed by atoms with E-state index in [1.54, 1.807) is 0 Å². The smallest absolute Gasteiger partial charge is 0.0110 e. The van der Waals surface area contributed by atoms with Crippen LogP contribution in [0.1, 0.15) is 11.1 Å². The maximum absolute atomic E-state index is 4.10. The molecule has 1 heteroatoms. The first-order chi connectivity index (χ1) is 6.77. The van der Waals surface area contributed by atoms with E-state index in [4.69, 9.17) is 0 Å². The highest BCUT2D eigenvalue weighted by Gasteiger charge is 2.01. The molecule has 1 nitrogen and oxygen atoms in total. The van der Waals surface area contributed by atoms with Crippen LogP contribution in [0.15, 0.2) is 55.4 Å². The molecule has 0 radical (unpaired) electrons. The molecule has 70 valence electrons. The summed E-state index contributed by atoms with van der Waals surface area (Å²) in [7, 11) is 2.02. The van der Waals surface area contributed by atoms with Gasteiger partial charge in [0.1, 0.15) is 0 Å². The molecule has 2 rings (SSSR count). The fraction of sp³-hybridized carbons (Fsp3) is 0.0769. The van der Waals surface area contributed by atoms with Crippen molar-refractivity contribution in [3.8, 4) is 0 Å². The number of nitrogens with zero attached hydrogens (tertiary/aromatic N) is 1. The van der Waals surface area contributed by atoms with Crippen molar-refractivity contribution in [3.05, 3.63) is 66.5 Å². The second-order valence-corrected chi connectivity index (χ2v) is 3.41. The summed E-state index contributed by atoms with van der Waals surface area (Å²) in [6, 6.07) is 12.3. The maximum Gasteiger partial charge on any atom is 0.0110 e. The van der Waals surface area contributed by atoms with Gasteiger partial charge in [0.05, 0.1) is 0 Å². The largest absolute Gasteiger partial charge is 0.357 e. The second kappa shape index (κ2) is 3.54. The summed E-state index contributed by atoms with van der Waals surface area (Å²) in [6.07, 6.45) is 4.11. The Morgan fingerprint density at radius 2 is 1.79 bits per heavy atom. The number of hydrogen-bond donors (Lipinski definition) is 0. The van der Waals surface area contributed by atoms with Gasteiger partial charge in [0.15, 0.2) is 0 Å². The predicted octanol–water partition coefficient (Wildman–Crippen LogP) is 3.09. The van der Waals surface area contributed by atoms with E-state index >= 15 is 0 Å². The Kier molecular flexibility index (Phi) is 2.23. The number of benzene rings is 1. The zero-order chi connectivity index (χ0) is 9.97. The minimum absolute atomic E-state index is 1.08. The lowest BCUT2D eigenvalue weighted by molar-refractivity contribution is 0.927. The van der Waals surface area contributed by atoms with Gasteiger partial charge in [-0.2, -0.15) is 0 Å². The van der Waals surface area contributed by atoms with Crippen molar-refractivity contribution in [3.63, 3.8) is 0 Å². The highest BCUT2D eigenvalue weighted by atomic mass is 14.9. The van der Waals surface area contributed by atoms with Gasteiger partial charge in [-0.25, -0.2) is 0 Å². The monoisotopic (exact) mass is 183 g/mol. The van der Waals surface area contributed by atoms with E-state index in [1.165, 1.54) is 11.1 Å². The summed E-state index contributed by atoms with van der Waals surface area (Å²) < 4.78 is 2.03. The van der Waals surface area contributed by atoms with Gasteiger partial charge < -0.3 is 4.57 Å². The number of aromatic nitrogens is 1. The van der Waals surface area contributed by atoms with E-state index in [9.17, 15) is 0 Å². The molecular formula is C13H13N. The first kappa shape index (κ1) is 8.82. The Morgan fingerprint density at radius 1 is 1.07 bits per heavy atom. The Morgan fingerprint density at radius 3 is 2.36 bits per heavy atom. The second-order valence-electron chi connectivity index (χ2n) is 3.41. The van der Waals surface area contributed by atoms with Crippen LogP contribution in [0.25, 0.3) is 5.57 Å². The molecule has 0 unspecified atom stereocenters. The number of hydrogen-bond acceptors (Lipinski definition) is 0. The zero-order valence-corrected chi connectivity index (χ0v) is 8.27. The van der Waals surface area contributed by atoms with Crippen molar-refractivity contribution in [2.75, 3.05) is 0 Å². The third-order valence-electron chi connectivity index (χ3n) is 2.30. The molecule has 1 aromatic heterocycles. The van der Waals surface area contributed by atoms with Crippen LogP contribution in [0.2, 0.25) is 0 Å². The van der Waals surface area contributed by atoms with Gasteiger partial charge in [-0.05, 0) is 22.8 Å². The molecule has 0 aliphatic rings. The number of aryl methyl sites for hydroxylation is 1. The van der Waals surface area contributed by atoms with Crippen LogP contribution in [-0.4, -0.2) is 4.57 Å². The van der Waals surface area contributed by atoms with Crippen molar-refractivity contribution in [2.24, 2.45) is 7.05 Å². The molecule has 1 heterocycles. The molecule has 0 bridgehead atoms. The summed E-state index contributed by atoms with van der Waals surface area (Å²) in [5.74, 6) is 0. The molecular weight excluding hydrogens is 170 g/mol. The van der Waals surface area contributed by atoms with Crippen LogP contribution in [0, 0.1) is 0 Å². The van der Waals surface area contributed by atoms with Gasteiger partial charge in [0.25, 0.3) is 0 Å². The summed E-state index contributed by atoms with van der Waals surface area (Å²) in [4.78, 5) is 0. The average Bonchev–Trinajstić information content (AvgIpc) is 2.65. The van der Waals surface area contributed by atoms with Crippen molar-refractivity contribution in [2.45, 2.75) is 0 Å². The van der Waals surface area contributed by atoms with E-state index in [1.807, 2.05) is 36.0 Å². The molecule has 0 N–H and O–H groups in total. The minimum Gasteiger partial charge on any atom is -0.357 e. The lowest BCUT2D eigenvalue weighted by Gasteiger charge is -2.02. The molecule has 0 aliphatic heterocycles. The normalized spacial score (nSPS) is 10.1. The van der Waals surface area contributed by atoms with Crippen LogP contribution >= 0.6 is 0 Å². The van der Waals surface area contributed by atoms with Crippen LogP contribution in [0.5, 0.6) is 0 Å². The van der Waals surface area contributed by atoms with E-state index in [2.05, 4.69) is 31.0 Å². The lowest BCUT2D eigenvalue weighted by atomic mass is 10.0. The van der Waals surface area contributed by atoms with Gasteiger partial charge in [-0.15, -0.1) is 0 Å². The zero-order valence-electron chi connectivity index (χ0n) is 8.27. The Bertz CT molecular complexity index is 437. The summed E-state index contributed by atoms with van der Waals surface area (Å²) in [5, 5.41) is 0. The molecule has 0 aliphatic carbocycles. The minimum atomic E-state index is 1.08. The van der Waals surface area contributed by atoms with Gasteiger partial charge >= 0.3 is 0 Å². The summed E-state index contributed by atoms with van der Waals surface area (Å²) in [6.45, 7) is 4.10. The first-order valence-electron chi connectivity index (χ1n) is 4.64. The van der Waals surface area contributed by atoms with Crippen molar-refractivity contribution in [1.29, 1.82) is 0 Å². The molecule has 1 aromatic carbocycles. The van der Waals surface area contributed by atoms with Crippen molar-refractivity contribution in [1.82, 2.24) is 4.57 Å². The average molecular weight is 183 g/mol. The molecule has 0 fully saturated rings. The van der Waals surface area contributed by atoms with E-state index < -0.39 is 0 Å². The molecule has 0 saturated heterocycles. The molecule has 0 spiro atoms. The lowest BCUT2D eigenvalue weighted by Crippen LogP contribution is -1.84. The first-order valence-corrected chi connectivity index (χ1v) is 4.64. The Balaban J connectivity index is 2.34. The SMILES string of the molecule is C=C(c1ccccc1)c1ccn(C)c1. The molecule has 0 atom stereocenters. The van der Waals surface area contributed by atoms with Gasteiger partial charge in [-0.3, -0.25) is 0 Å². The van der Waals surface area contributed by atoms with Crippen LogP contribution in [0.3, 0.4) is 0 Å². The Hall–Kier alpha value is -1.76. The van der Waals surface area contributed by atoms with Crippen molar-refractivity contribution < 1.29 is 0 Å². The molecule has 0 amide bonds. The van der Waals surface area contributed by atoms with Crippen LogP contribution in [-0.2, 0) is 7.05 Å². The fourth-order valence-corrected chi connectivity index (χ4v) is 1.49. The van der Waals surface area contributed by atoms with E-state index in [-0.39, 0.29) is 0 Å². The van der Waals surface area contributed by atoms with E-state index in [0.717, 1.165) is 5.57 Å². The molecule has 0 saturated carbocycles. The highest BCUT2D eigenvalue weighted by Crippen LogP contribution is 2.20. The number of rotatable bonds is 2. The maximum atomic E-state index is 4.10. The molecule has 14 heavy (non-hydrogen) atoms. The topological polar surface area (TPSA) is 4.93 Å². The standard InChI is InChI=1S/C13H13N/c1-11(12-6-4-3-5-7-12)13-8-9-14(2)10-13/h3-10H,1H2,2H3. The third-order valence-corrected chi connectivity index (χ3v) is 2.30. The van der Waals surface area contributed by atoms with E-state index in [0.29, 0.717) is 0 Å². The van der Waals surface area contributed by atoms with Gasteiger partial charge in [0, 0.05) is 19.4 Å². The fourth-order valence-electron chi connectivity index (χ4n) is 1.49. The van der Waals surface area contributed by atoms with Gasteiger partial charge in [-0.1, -0.05) is 36.9 Å². The third kappa shape index (κ3) is 1.62. The van der Waals surface area contributed by atoms with Crippen molar-refractivity contribution >= 4 is 5.57 Å². The van der Waals surface area contributed by atoms with Crippen LogP contribution < -0.4 is 0 Å². The summed E-state index contributed by atoms with van der Waals surface area (Å²) in [5.41, 5.74) is 3.43. The van der Waals surface area contributed by atoms with Gasteiger partial charge in [0.2, 0.25) is 0 Å². The predicted molar refractivity (Wildman–Crippen MR) is 60.0 cm³/mol. The quantitative estimate of drug-likeness (QED) is 0.674. The summed E-state index contributed by atoms with van der Waals surface area (Å²) >= 11 is 0. The molecule has 2 aromatic rings. The highest BCUT2D eigenvalue weighted by molar-refractivity contribution is 5.77. The van der Waals surface area contributed by atoms with Crippen LogP contribution in [0.4, 0.5) is 0 Å².